The average molecular weight is 278 g/mol. The summed E-state index contributed by atoms with van der Waals surface area (Å²) in [5.41, 5.74) is 3.70. The molecule has 0 saturated heterocycles. The van der Waals surface area contributed by atoms with Crippen molar-refractivity contribution in [2.45, 2.75) is 44.9 Å². The third-order valence-electron chi connectivity index (χ3n) is 3.62. The number of benzene rings is 1. The number of hydrogen-bond acceptors (Lipinski definition) is 4. The maximum atomic E-state index is 10.9. The lowest BCUT2D eigenvalue weighted by molar-refractivity contribution is -0.142. The Hall–Kier alpha value is -1.59. The van der Waals surface area contributed by atoms with Crippen molar-refractivity contribution >= 4 is 11.7 Å². The number of fused-ring (bicyclic) bond motifs is 1. The molecule has 1 aliphatic rings. The normalized spacial score (nSPS) is 20.1. The van der Waals surface area contributed by atoms with Gasteiger partial charge in [0.15, 0.2) is 0 Å². The lowest BCUT2D eigenvalue weighted by Crippen LogP contribution is -2.45. The number of rotatable bonds is 6. The molecule has 0 amide bonds. The zero-order valence-electron chi connectivity index (χ0n) is 11.9. The molecule has 0 radical (unpaired) electrons. The van der Waals surface area contributed by atoms with E-state index < -0.39 is 18.1 Å². The van der Waals surface area contributed by atoms with Crippen molar-refractivity contribution in [2.24, 2.45) is 0 Å². The first kappa shape index (κ1) is 14.8. The molecule has 1 aromatic rings. The Bertz CT molecular complexity index is 488. The zero-order valence-corrected chi connectivity index (χ0v) is 11.9. The number of aliphatic hydroxyl groups is 1. The molecule has 110 valence electrons. The molecule has 5 heteroatoms. The quantitative estimate of drug-likeness (QED) is 0.624. The SMILES string of the molecule is CC1Cc2cc(CCNC(C(=O)O)C(C)O)ccc2N1. The topological polar surface area (TPSA) is 81.6 Å². The Balaban J connectivity index is 1.89. The van der Waals surface area contributed by atoms with Gasteiger partial charge >= 0.3 is 5.97 Å². The zero-order chi connectivity index (χ0) is 14.7. The molecule has 3 unspecified atom stereocenters. The van der Waals surface area contributed by atoms with E-state index in [0.717, 1.165) is 12.8 Å². The predicted molar refractivity (Wildman–Crippen MR) is 78.0 cm³/mol. The second kappa shape index (κ2) is 6.24. The molecular formula is C15H22N2O3. The Labute approximate surface area is 119 Å². The molecule has 4 N–H and O–H groups in total. The van der Waals surface area contributed by atoms with Crippen molar-refractivity contribution in [3.05, 3.63) is 29.3 Å². The van der Waals surface area contributed by atoms with Crippen LogP contribution in [0.3, 0.4) is 0 Å². The van der Waals surface area contributed by atoms with Gasteiger partial charge in [-0.2, -0.15) is 0 Å². The summed E-state index contributed by atoms with van der Waals surface area (Å²) in [5.74, 6) is -1.02. The highest BCUT2D eigenvalue weighted by Gasteiger charge is 2.22. The van der Waals surface area contributed by atoms with Gasteiger partial charge in [-0.3, -0.25) is 4.79 Å². The summed E-state index contributed by atoms with van der Waals surface area (Å²) < 4.78 is 0. The monoisotopic (exact) mass is 278 g/mol. The van der Waals surface area contributed by atoms with Crippen LogP contribution in [-0.2, 0) is 17.6 Å². The summed E-state index contributed by atoms with van der Waals surface area (Å²) in [5, 5.41) is 24.6. The van der Waals surface area contributed by atoms with Crippen LogP contribution < -0.4 is 10.6 Å². The van der Waals surface area contributed by atoms with Crippen LogP contribution in [0.1, 0.15) is 25.0 Å². The molecule has 2 rings (SSSR count). The Morgan fingerprint density at radius 2 is 2.30 bits per heavy atom. The number of carboxylic acids is 1. The van der Waals surface area contributed by atoms with Gasteiger partial charge in [0.25, 0.3) is 0 Å². The number of anilines is 1. The molecule has 1 aliphatic heterocycles. The average Bonchev–Trinajstić information content (AvgIpc) is 2.72. The minimum absolute atomic E-state index is 0.477. The van der Waals surface area contributed by atoms with Crippen molar-refractivity contribution in [2.75, 3.05) is 11.9 Å². The predicted octanol–water partition coefficient (Wildman–Crippen LogP) is 1.01. The van der Waals surface area contributed by atoms with Crippen LogP contribution in [0, 0.1) is 0 Å². The summed E-state index contributed by atoms with van der Waals surface area (Å²) in [4.78, 5) is 10.9. The summed E-state index contributed by atoms with van der Waals surface area (Å²) in [6.45, 7) is 4.17. The number of hydrogen-bond donors (Lipinski definition) is 4. The van der Waals surface area contributed by atoms with Crippen molar-refractivity contribution in [1.29, 1.82) is 0 Å². The van der Waals surface area contributed by atoms with E-state index >= 15 is 0 Å². The maximum absolute atomic E-state index is 10.9. The highest BCUT2D eigenvalue weighted by atomic mass is 16.4. The van der Waals surface area contributed by atoms with Gasteiger partial charge < -0.3 is 20.8 Å². The molecule has 0 fully saturated rings. The smallest absolute Gasteiger partial charge is 0.323 e. The molecule has 0 bridgehead atoms. The standard InChI is InChI=1S/C15H22N2O3/c1-9-7-12-8-11(3-4-13(12)17-9)5-6-16-14(10(2)18)15(19)20/h3-4,8-10,14,16-18H,5-7H2,1-2H3,(H,19,20). The van der Waals surface area contributed by atoms with Gasteiger partial charge in [0.1, 0.15) is 6.04 Å². The largest absolute Gasteiger partial charge is 0.480 e. The third-order valence-corrected chi connectivity index (χ3v) is 3.62. The first-order chi connectivity index (χ1) is 9.47. The molecule has 1 aromatic carbocycles. The Morgan fingerprint density at radius 1 is 1.55 bits per heavy atom. The number of carbonyl (C=O) groups is 1. The van der Waals surface area contributed by atoms with E-state index in [1.165, 1.54) is 23.7 Å². The highest BCUT2D eigenvalue weighted by Crippen LogP contribution is 2.26. The molecule has 3 atom stereocenters. The first-order valence-corrected chi connectivity index (χ1v) is 7.00. The van der Waals surface area contributed by atoms with E-state index in [4.69, 9.17) is 5.11 Å². The van der Waals surface area contributed by atoms with Crippen LogP contribution in [0.15, 0.2) is 18.2 Å². The van der Waals surface area contributed by atoms with Crippen LogP contribution in [0.5, 0.6) is 0 Å². The molecule has 5 nitrogen and oxygen atoms in total. The molecule has 0 aromatic heterocycles. The summed E-state index contributed by atoms with van der Waals surface area (Å²) in [6.07, 6.45) is 0.873. The third kappa shape index (κ3) is 3.49. The van der Waals surface area contributed by atoms with Crippen LogP contribution in [0.2, 0.25) is 0 Å². The second-order valence-electron chi connectivity index (χ2n) is 5.50. The van der Waals surface area contributed by atoms with Crippen molar-refractivity contribution < 1.29 is 15.0 Å². The fourth-order valence-corrected chi connectivity index (χ4v) is 2.59. The minimum Gasteiger partial charge on any atom is -0.480 e. The van der Waals surface area contributed by atoms with E-state index in [9.17, 15) is 9.90 Å². The second-order valence-corrected chi connectivity index (χ2v) is 5.50. The van der Waals surface area contributed by atoms with Crippen molar-refractivity contribution in [3.63, 3.8) is 0 Å². The van der Waals surface area contributed by atoms with Gasteiger partial charge in [-0.05, 0) is 43.9 Å². The van der Waals surface area contributed by atoms with Crippen LogP contribution in [0.25, 0.3) is 0 Å². The van der Waals surface area contributed by atoms with E-state index in [2.05, 4.69) is 35.8 Å². The van der Waals surface area contributed by atoms with Crippen LogP contribution >= 0.6 is 0 Å². The van der Waals surface area contributed by atoms with Gasteiger partial charge in [0.05, 0.1) is 6.10 Å². The van der Waals surface area contributed by atoms with Crippen molar-refractivity contribution in [3.8, 4) is 0 Å². The lowest BCUT2D eigenvalue weighted by Gasteiger charge is -2.17. The number of nitrogens with one attached hydrogen (secondary N) is 2. The maximum Gasteiger partial charge on any atom is 0.323 e. The lowest BCUT2D eigenvalue weighted by atomic mass is 10.0. The Morgan fingerprint density at radius 3 is 2.95 bits per heavy atom. The van der Waals surface area contributed by atoms with Crippen LogP contribution in [0.4, 0.5) is 5.69 Å². The molecule has 0 saturated carbocycles. The van der Waals surface area contributed by atoms with Crippen molar-refractivity contribution in [1.82, 2.24) is 5.32 Å². The Kier molecular flexibility index (Phi) is 4.62. The highest BCUT2D eigenvalue weighted by molar-refractivity contribution is 5.74. The molecular weight excluding hydrogens is 256 g/mol. The molecule has 0 spiro atoms. The van der Waals surface area contributed by atoms with E-state index in [1.54, 1.807) is 0 Å². The number of aliphatic carboxylic acids is 1. The summed E-state index contributed by atoms with van der Waals surface area (Å²) in [6, 6.07) is 5.88. The first-order valence-electron chi connectivity index (χ1n) is 7.00. The summed E-state index contributed by atoms with van der Waals surface area (Å²) in [7, 11) is 0. The van der Waals surface area contributed by atoms with E-state index in [1.807, 2.05) is 0 Å². The van der Waals surface area contributed by atoms with Gasteiger partial charge in [0, 0.05) is 18.3 Å². The van der Waals surface area contributed by atoms with E-state index in [-0.39, 0.29) is 0 Å². The minimum atomic E-state index is -1.02. The fourth-order valence-electron chi connectivity index (χ4n) is 2.59. The summed E-state index contributed by atoms with van der Waals surface area (Å²) >= 11 is 0. The molecule has 1 heterocycles. The van der Waals surface area contributed by atoms with Gasteiger partial charge in [-0.25, -0.2) is 0 Å². The molecule has 0 aliphatic carbocycles. The fraction of sp³-hybridized carbons (Fsp3) is 0.533. The number of carboxylic acid groups (broad SMARTS) is 1. The van der Waals surface area contributed by atoms with Crippen LogP contribution in [-0.4, -0.2) is 40.9 Å². The van der Waals surface area contributed by atoms with E-state index in [0.29, 0.717) is 12.6 Å². The van der Waals surface area contributed by atoms with Gasteiger partial charge in [-0.1, -0.05) is 12.1 Å². The molecule has 20 heavy (non-hydrogen) atoms. The van der Waals surface area contributed by atoms with Gasteiger partial charge in [0.2, 0.25) is 0 Å². The van der Waals surface area contributed by atoms with Gasteiger partial charge in [-0.15, -0.1) is 0 Å². The number of aliphatic hydroxyl groups excluding tert-OH is 1.